The van der Waals surface area contributed by atoms with Crippen molar-refractivity contribution in [1.82, 2.24) is 0 Å². The van der Waals surface area contributed by atoms with Gasteiger partial charge in [0, 0.05) is 44.3 Å². The van der Waals surface area contributed by atoms with Crippen LogP contribution < -0.4 is 9.64 Å². The van der Waals surface area contributed by atoms with E-state index in [9.17, 15) is 0 Å². The Morgan fingerprint density at radius 1 is 0.350 bits per heavy atom. The zero-order chi connectivity index (χ0) is 39.4. The molecule has 0 bridgehead atoms. The molecule has 2 heterocycles. The molecule has 0 atom stereocenters. The number of nitrogens with zero attached hydrogens (tertiary/aromatic N) is 1. The van der Waals surface area contributed by atoms with Crippen LogP contribution in [0.15, 0.2) is 217 Å². The van der Waals surface area contributed by atoms with Crippen molar-refractivity contribution in [2.45, 2.75) is 5.41 Å². The highest BCUT2D eigenvalue weighted by Crippen LogP contribution is 2.62. The van der Waals surface area contributed by atoms with Gasteiger partial charge >= 0.3 is 0 Å². The highest BCUT2D eigenvalue weighted by molar-refractivity contribution is 6.15. The van der Waals surface area contributed by atoms with Gasteiger partial charge < -0.3 is 14.1 Å². The van der Waals surface area contributed by atoms with Gasteiger partial charge in [0.05, 0.1) is 5.41 Å². The lowest BCUT2D eigenvalue weighted by atomic mass is 9.66. The second kappa shape index (κ2) is 12.6. The molecule has 1 aliphatic heterocycles. The molecule has 2 aliphatic rings. The molecule has 0 saturated heterocycles. The molecule has 11 aromatic rings. The summed E-state index contributed by atoms with van der Waals surface area (Å²) in [6, 6.07) is 76.8. The number of benzene rings is 10. The lowest BCUT2D eigenvalue weighted by Crippen LogP contribution is -2.32. The summed E-state index contributed by atoms with van der Waals surface area (Å²) in [6.45, 7) is 0. The summed E-state index contributed by atoms with van der Waals surface area (Å²) in [6.07, 6.45) is 0. The third-order valence-corrected chi connectivity index (χ3v) is 12.9. The van der Waals surface area contributed by atoms with Crippen molar-refractivity contribution in [1.29, 1.82) is 0 Å². The Morgan fingerprint density at radius 3 is 1.77 bits per heavy atom. The number of anilines is 3. The predicted octanol–water partition coefficient (Wildman–Crippen LogP) is 15.5. The highest BCUT2D eigenvalue weighted by atomic mass is 16.5. The Hall–Kier alpha value is -7.88. The van der Waals surface area contributed by atoms with Gasteiger partial charge in [0.15, 0.2) is 0 Å². The molecule has 0 unspecified atom stereocenters. The van der Waals surface area contributed by atoms with E-state index in [-0.39, 0.29) is 0 Å². The highest BCUT2D eigenvalue weighted by Gasteiger charge is 2.51. The van der Waals surface area contributed by atoms with E-state index in [2.05, 4.69) is 211 Å². The van der Waals surface area contributed by atoms with Gasteiger partial charge in [-0.1, -0.05) is 152 Å². The SMILES string of the molecule is c1ccc2c(c1)Oc1ccccc1C21c2ccccc2-c2ccc(N(c3ccc(-c4cccc5ccccc45)cc3)c3ccc4ccc5c6ccccc6oc5c4c3)cc21. The molecule has 13 rings (SSSR count). The van der Waals surface area contributed by atoms with Crippen molar-refractivity contribution in [3.05, 3.63) is 235 Å². The first-order chi connectivity index (χ1) is 29.7. The van der Waals surface area contributed by atoms with Crippen molar-refractivity contribution >= 4 is 60.5 Å². The minimum atomic E-state index is -0.582. The molecule has 1 aliphatic carbocycles. The summed E-state index contributed by atoms with van der Waals surface area (Å²) >= 11 is 0. The Morgan fingerprint density at radius 2 is 0.933 bits per heavy atom. The average Bonchev–Trinajstić information content (AvgIpc) is 3.83. The first-order valence-corrected chi connectivity index (χ1v) is 20.6. The standard InChI is InChI=1S/C57H35NO2/c1-2-14-42-36(12-1)13-11-17-43(42)37-24-28-39(29-25-37)58(40-30-26-38-27-32-47-46-16-4-8-21-53(46)60-56(47)48(38)34-40)41-31-33-45-44-15-3-5-18-49(44)57(52(45)35-41)50-19-6-9-22-54(50)59-55-23-10-7-20-51(55)57/h1-35H. The van der Waals surface area contributed by atoms with Crippen LogP contribution in [0.25, 0.3) is 65.7 Å². The third-order valence-electron chi connectivity index (χ3n) is 12.9. The van der Waals surface area contributed by atoms with Gasteiger partial charge in [0.25, 0.3) is 0 Å². The molecular formula is C57H35NO2. The zero-order valence-electron chi connectivity index (χ0n) is 32.5. The number of furan rings is 1. The fraction of sp³-hybridized carbons (Fsp3) is 0.0175. The van der Waals surface area contributed by atoms with Crippen molar-refractivity contribution < 1.29 is 9.15 Å². The Kier molecular flexibility index (Phi) is 6.93. The minimum Gasteiger partial charge on any atom is -0.457 e. The number of hydrogen-bond acceptors (Lipinski definition) is 3. The monoisotopic (exact) mass is 765 g/mol. The number of ether oxygens (including phenoxy) is 1. The second-order valence-corrected chi connectivity index (χ2v) is 16.0. The summed E-state index contributed by atoms with van der Waals surface area (Å²) in [5.41, 5.74) is 14.1. The molecule has 1 spiro atoms. The van der Waals surface area contributed by atoms with E-state index in [1.54, 1.807) is 0 Å². The molecule has 0 fully saturated rings. The van der Waals surface area contributed by atoms with Crippen LogP contribution in [0.3, 0.4) is 0 Å². The molecular weight excluding hydrogens is 731 g/mol. The summed E-state index contributed by atoms with van der Waals surface area (Å²) < 4.78 is 13.3. The predicted molar refractivity (Wildman–Crippen MR) is 246 cm³/mol. The Labute approximate surface area is 347 Å². The summed E-state index contributed by atoms with van der Waals surface area (Å²) in [4.78, 5) is 2.40. The molecule has 10 aromatic carbocycles. The minimum absolute atomic E-state index is 0.582. The van der Waals surface area contributed by atoms with Crippen molar-refractivity contribution in [3.63, 3.8) is 0 Å². The topological polar surface area (TPSA) is 25.6 Å². The van der Waals surface area contributed by atoms with Crippen molar-refractivity contribution in [3.8, 4) is 33.8 Å². The van der Waals surface area contributed by atoms with Crippen LogP contribution in [0, 0.1) is 0 Å². The van der Waals surface area contributed by atoms with Crippen LogP contribution in [0.1, 0.15) is 22.3 Å². The molecule has 3 nitrogen and oxygen atoms in total. The van der Waals surface area contributed by atoms with Crippen molar-refractivity contribution in [2.24, 2.45) is 0 Å². The van der Waals surface area contributed by atoms with E-state index >= 15 is 0 Å². The van der Waals surface area contributed by atoms with E-state index in [1.807, 2.05) is 6.07 Å². The van der Waals surface area contributed by atoms with Gasteiger partial charge in [-0.3, -0.25) is 0 Å². The second-order valence-electron chi connectivity index (χ2n) is 16.0. The summed E-state index contributed by atoms with van der Waals surface area (Å²) in [7, 11) is 0. The van der Waals surface area contributed by atoms with Crippen LogP contribution in [-0.2, 0) is 5.41 Å². The van der Waals surface area contributed by atoms with Gasteiger partial charge in [0.2, 0.25) is 0 Å². The van der Waals surface area contributed by atoms with Gasteiger partial charge in [-0.15, -0.1) is 0 Å². The largest absolute Gasteiger partial charge is 0.457 e. The van der Waals surface area contributed by atoms with E-state index in [4.69, 9.17) is 9.15 Å². The quantitative estimate of drug-likeness (QED) is 0.178. The summed E-state index contributed by atoms with van der Waals surface area (Å²) in [5, 5.41) is 6.94. The normalized spacial score (nSPS) is 13.3. The smallest absolute Gasteiger partial charge is 0.143 e. The van der Waals surface area contributed by atoms with E-state index in [0.29, 0.717) is 0 Å². The Balaban J connectivity index is 1.06. The van der Waals surface area contributed by atoms with E-state index < -0.39 is 5.41 Å². The van der Waals surface area contributed by atoms with Gasteiger partial charge in [-0.25, -0.2) is 0 Å². The zero-order valence-corrected chi connectivity index (χ0v) is 32.5. The fourth-order valence-electron chi connectivity index (χ4n) is 10.3. The Bertz CT molecular complexity index is 3490. The molecule has 0 radical (unpaired) electrons. The maximum Gasteiger partial charge on any atom is 0.143 e. The van der Waals surface area contributed by atoms with Gasteiger partial charge in [-0.2, -0.15) is 0 Å². The first-order valence-electron chi connectivity index (χ1n) is 20.6. The summed E-state index contributed by atoms with van der Waals surface area (Å²) in [5.74, 6) is 1.77. The van der Waals surface area contributed by atoms with Gasteiger partial charge in [0.1, 0.15) is 22.7 Å². The van der Waals surface area contributed by atoms with Crippen LogP contribution in [-0.4, -0.2) is 0 Å². The van der Waals surface area contributed by atoms with Crippen LogP contribution in [0.2, 0.25) is 0 Å². The molecule has 60 heavy (non-hydrogen) atoms. The molecule has 0 saturated carbocycles. The van der Waals surface area contributed by atoms with E-state index in [0.717, 1.165) is 72.4 Å². The molecule has 1 aromatic heterocycles. The maximum absolute atomic E-state index is 6.66. The molecule has 3 heteroatoms. The maximum atomic E-state index is 6.66. The third kappa shape index (κ3) is 4.60. The lowest BCUT2D eigenvalue weighted by Gasteiger charge is -2.39. The molecule has 280 valence electrons. The average molecular weight is 766 g/mol. The number of hydrogen-bond donors (Lipinski definition) is 0. The molecule has 0 amide bonds. The number of rotatable bonds is 4. The molecule has 0 N–H and O–H groups in total. The van der Waals surface area contributed by atoms with Crippen LogP contribution in [0.4, 0.5) is 17.1 Å². The lowest BCUT2D eigenvalue weighted by molar-refractivity contribution is 0.436. The van der Waals surface area contributed by atoms with Crippen LogP contribution in [0.5, 0.6) is 11.5 Å². The fourth-order valence-corrected chi connectivity index (χ4v) is 10.3. The number of para-hydroxylation sites is 3. The van der Waals surface area contributed by atoms with Gasteiger partial charge in [-0.05, 0) is 110 Å². The van der Waals surface area contributed by atoms with Crippen molar-refractivity contribution in [2.75, 3.05) is 4.90 Å². The first kappa shape index (κ1) is 33.1. The van der Waals surface area contributed by atoms with Crippen LogP contribution >= 0.6 is 0 Å². The van der Waals surface area contributed by atoms with E-state index in [1.165, 1.54) is 44.2 Å². The number of fused-ring (bicyclic) bond motifs is 15.